The van der Waals surface area contributed by atoms with Crippen molar-refractivity contribution in [1.82, 2.24) is 14.9 Å². The van der Waals surface area contributed by atoms with Gasteiger partial charge in [0.25, 0.3) is 11.8 Å². The minimum atomic E-state index is -0.495. The van der Waals surface area contributed by atoms with Gasteiger partial charge in [-0.3, -0.25) is 20.3 Å². The van der Waals surface area contributed by atoms with Crippen LogP contribution in [0, 0.1) is 5.41 Å². The lowest BCUT2D eigenvalue weighted by atomic mass is 9.95. The van der Waals surface area contributed by atoms with E-state index in [-0.39, 0.29) is 29.9 Å². The molecule has 12 heteroatoms. The molecule has 0 saturated carbocycles. The zero-order valence-corrected chi connectivity index (χ0v) is 20.7. The van der Waals surface area contributed by atoms with Crippen LogP contribution in [0.5, 0.6) is 23.0 Å². The van der Waals surface area contributed by atoms with E-state index in [0.29, 0.717) is 57.2 Å². The third-order valence-electron chi connectivity index (χ3n) is 6.83. The van der Waals surface area contributed by atoms with Gasteiger partial charge in [0.05, 0.1) is 33.0 Å². The number of amides is 2. The molecule has 7 rings (SSSR count). The Kier molecular flexibility index (Phi) is 5.05. The maximum Gasteiger partial charge on any atom is 0.259 e. The first-order chi connectivity index (χ1) is 18.5. The predicted octanol–water partition coefficient (Wildman–Crippen LogP) is 3.16. The number of hydrogen-bond acceptors (Lipinski definition) is 8. The van der Waals surface area contributed by atoms with E-state index in [1.807, 2.05) is 29.0 Å². The summed E-state index contributed by atoms with van der Waals surface area (Å²) in [6.45, 7) is 0.757. The van der Waals surface area contributed by atoms with E-state index in [9.17, 15) is 9.59 Å². The van der Waals surface area contributed by atoms with Crippen LogP contribution >= 0.6 is 11.8 Å². The number of thioether (sulfide) groups is 1. The van der Waals surface area contributed by atoms with E-state index in [1.165, 1.54) is 11.8 Å². The van der Waals surface area contributed by atoms with Gasteiger partial charge < -0.3 is 34.2 Å². The molecule has 0 fully saturated rings. The monoisotopic (exact) mass is 531 g/mol. The standard InChI is InChI=1S/C26H21N5O6S/c27-26(28)38-7-1-6-31-9-13(19-15(31)3-5-17-23(19)37-11-35-17)21-20(24(32)30-25(21)33)12-8-29-14-2-4-16-22(18(12)14)36-10-34-16/h2-5,8-9,29H,1,6-7,10-11H2,(H3,27,28)(H,30,32,33). The van der Waals surface area contributed by atoms with E-state index in [1.54, 1.807) is 12.3 Å². The van der Waals surface area contributed by atoms with Gasteiger partial charge in [0.15, 0.2) is 28.2 Å². The van der Waals surface area contributed by atoms with Crippen LogP contribution in [0.25, 0.3) is 33.0 Å². The number of rotatable bonds is 6. The number of aromatic nitrogens is 2. The van der Waals surface area contributed by atoms with Crippen molar-refractivity contribution in [1.29, 1.82) is 5.41 Å². The molecule has 2 amide bonds. The second-order valence-corrected chi connectivity index (χ2v) is 10.1. The molecule has 38 heavy (non-hydrogen) atoms. The first-order valence-electron chi connectivity index (χ1n) is 11.9. The molecule has 0 bridgehead atoms. The van der Waals surface area contributed by atoms with Crippen molar-refractivity contribution >= 4 is 61.7 Å². The molecular weight excluding hydrogens is 510 g/mol. The van der Waals surface area contributed by atoms with Crippen LogP contribution < -0.4 is 30.0 Å². The number of carbonyl (C=O) groups is 2. The molecule has 0 saturated heterocycles. The summed E-state index contributed by atoms with van der Waals surface area (Å²) in [4.78, 5) is 29.8. The highest BCUT2D eigenvalue weighted by molar-refractivity contribution is 8.13. The molecule has 0 unspecified atom stereocenters. The molecular formula is C26H21N5O6S. The number of nitrogens with one attached hydrogen (secondary N) is 3. The Morgan fingerprint density at radius 3 is 2.37 bits per heavy atom. The Labute approximate surface area is 219 Å². The molecule has 2 aromatic carbocycles. The number of aryl methyl sites for hydroxylation is 1. The number of fused-ring (bicyclic) bond motifs is 6. The van der Waals surface area contributed by atoms with Crippen molar-refractivity contribution < 1.29 is 28.5 Å². The smallest absolute Gasteiger partial charge is 0.259 e. The van der Waals surface area contributed by atoms with Gasteiger partial charge in [0.2, 0.25) is 13.6 Å². The summed E-state index contributed by atoms with van der Waals surface area (Å²) in [6, 6.07) is 7.41. The Hall–Kier alpha value is -4.58. The largest absolute Gasteiger partial charge is 0.454 e. The van der Waals surface area contributed by atoms with Crippen LogP contribution in [0.1, 0.15) is 17.5 Å². The minimum absolute atomic E-state index is 0.0667. The first kappa shape index (κ1) is 22.6. The third-order valence-corrected chi connectivity index (χ3v) is 7.64. The molecule has 0 aliphatic carbocycles. The summed E-state index contributed by atoms with van der Waals surface area (Å²) in [6.07, 6.45) is 4.32. The van der Waals surface area contributed by atoms with Crippen molar-refractivity contribution in [2.75, 3.05) is 19.3 Å². The SMILES string of the molecule is N=C(N)SCCCn1cc(C2=C(c3c[nH]c4ccc5c(c34)OCO5)C(=O)NC2=O)c2c3c(ccc21)OCO3. The number of hydrogen-bond donors (Lipinski definition) is 4. The van der Waals surface area contributed by atoms with Crippen LogP contribution in [-0.2, 0) is 16.1 Å². The predicted molar refractivity (Wildman–Crippen MR) is 141 cm³/mol. The molecule has 0 atom stereocenters. The second-order valence-electron chi connectivity index (χ2n) is 8.95. The van der Waals surface area contributed by atoms with Gasteiger partial charge in [0, 0.05) is 35.8 Å². The fourth-order valence-electron chi connectivity index (χ4n) is 5.29. The van der Waals surface area contributed by atoms with Gasteiger partial charge in [-0.1, -0.05) is 11.8 Å². The third kappa shape index (κ3) is 3.33. The average Bonchev–Trinajstić information content (AvgIpc) is 3.70. The summed E-state index contributed by atoms with van der Waals surface area (Å²) < 4.78 is 24.8. The molecule has 192 valence electrons. The van der Waals surface area contributed by atoms with Crippen molar-refractivity contribution in [3.8, 4) is 23.0 Å². The Bertz CT molecular complexity index is 1740. The van der Waals surface area contributed by atoms with Crippen LogP contribution in [-0.4, -0.2) is 45.9 Å². The molecule has 3 aliphatic heterocycles. The lowest BCUT2D eigenvalue weighted by Crippen LogP contribution is -2.22. The van der Waals surface area contributed by atoms with Crippen molar-refractivity contribution in [2.45, 2.75) is 13.0 Å². The lowest BCUT2D eigenvalue weighted by Gasteiger charge is -2.06. The van der Waals surface area contributed by atoms with Gasteiger partial charge in [-0.05, 0) is 30.7 Å². The highest BCUT2D eigenvalue weighted by atomic mass is 32.2. The van der Waals surface area contributed by atoms with Crippen LogP contribution in [0.4, 0.5) is 0 Å². The average molecular weight is 532 g/mol. The maximum atomic E-state index is 13.4. The van der Waals surface area contributed by atoms with Gasteiger partial charge in [-0.2, -0.15) is 0 Å². The quantitative estimate of drug-likeness (QED) is 0.128. The number of ether oxygens (including phenoxy) is 4. The number of benzene rings is 2. The number of nitrogens with two attached hydrogens (primary N) is 1. The van der Waals surface area contributed by atoms with E-state index in [2.05, 4.69) is 10.3 Å². The summed E-state index contributed by atoms with van der Waals surface area (Å²) >= 11 is 1.28. The highest BCUT2D eigenvalue weighted by Gasteiger charge is 2.37. The zero-order chi connectivity index (χ0) is 26.0. The fourth-order valence-corrected chi connectivity index (χ4v) is 5.78. The molecule has 0 spiro atoms. The second kappa shape index (κ2) is 8.48. The summed E-state index contributed by atoms with van der Waals surface area (Å²) in [5.74, 6) is 1.90. The van der Waals surface area contributed by atoms with Crippen LogP contribution in [0.3, 0.4) is 0 Å². The number of imide groups is 1. The Balaban J connectivity index is 1.45. The van der Waals surface area contributed by atoms with Crippen LogP contribution in [0.2, 0.25) is 0 Å². The fraction of sp³-hybridized carbons (Fsp3) is 0.192. The van der Waals surface area contributed by atoms with Gasteiger partial charge >= 0.3 is 0 Å². The van der Waals surface area contributed by atoms with E-state index < -0.39 is 11.8 Å². The number of carbonyl (C=O) groups excluding carboxylic acids is 2. The molecule has 5 N–H and O–H groups in total. The zero-order valence-electron chi connectivity index (χ0n) is 19.9. The number of H-pyrrole nitrogens is 1. The summed E-state index contributed by atoms with van der Waals surface area (Å²) in [5, 5.41) is 11.4. The lowest BCUT2D eigenvalue weighted by molar-refractivity contribution is -0.122. The topological polar surface area (TPSA) is 154 Å². The van der Waals surface area contributed by atoms with Gasteiger partial charge in [0.1, 0.15) is 0 Å². The van der Waals surface area contributed by atoms with Crippen molar-refractivity contribution in [3.05, 3.63) is 47.8 Å². The summed E-state index contributed by atoms with van der Waals surface area (Å²) in [7, 11) is 0. The highest BCUT2D eigenvalue weighted by Crippen LogP contribution is 2.48. The van der Waals surface area contributed by atoms with Gasteiger partial charge in [-0.25, -0.2) is 0 Å². The van der Waals surface area contributed by atoms with E-state index >= 15 is 0 Å². The Morgan fingerprint density at radius 1 is 0.947 bits per heavy atom. The Morgan fingerprint density at radius 2 is 1.63 bits per heavy atom. The molecule has 0 radical (unpaired) electrons. The first-order valence-corrected chi connectivity index (χ1v) is 12.9. The molecule has 11 nitrogen and oxygen atoms in total. The molecule has 4 aromatic rings. The number of amidine groups is 1. The summed E-state index contributed by atoms with van der Waals surface area (Å²) in [5.41, 5.74) is 8.68. The van der Waals surface area contributed by atoms with E-state index in [4.69, 9.17) is 30.1 Å². The minimum Gasteiger partial charge on any atom is -0.454 e. The number of nitrogens with zero attached hydrogens (tertiary/aromatic N) is 1. The maximum absolute atomic E-state index is 13.4. The van der Waals surface area contributed by atoms with Crippen LogP contribution in [0.15, 0.2) is 36.7 Å². The van der Waals surface area contributed by atoms with E-state index in [0.717, 1.165) is 17.5 Å². The van der Waals surface area contributed by atoms with Crippen molar-refractivity contribution in [2.24, 2.45) is 5.73 Å². The molecule has 5 heterocycles. The number of aromatic amines is 1. The normalized spacial score (nSPS) is 15.8. The molecule has 2 aromatic heterocycles. The van der Waals surface area contributed by atoms with Gasteiger partial charge in [-0.15, -0.1) is 0 Å². The van der Waals surface area contributed by atoms with Crippen molar-refractivity contribution in [3.63, 3.8) is 0 Å². The molecule has 3 aliphatic rings.